The van der Waals surface area contributed by atoms with Crippen molar-refractivity contribution in [2.24, 2.45) is 32.7 Å². The molecule has 0 saturated carbocycles. The minimum Gasteiger partial charge on any atom is -0.478 e. The SMILES string of the molecule is CC(C)[C@H]1COC(CN(CC2=N[C@@H](C(C)C)CO2)CC2=N[C@@H](C(C)C)CO2)=N1. The summed E-state index contributed by atoms with van der Waals surface area (Å²) in [6, 6.07) is 0.730. The van der Waals surface area contributed by atoms with Gasteiger partial charge in [-0.25, -0.2) is 15.0 Å². The van der Waals surface area contributed by atoms with Crippen LogP contribution in [0.15, 0.2) is 15.0 Å². The summed E-state index contributed by atoms with van der Waals surface area (Å²) in [5.41, 5.74) is 0. The van der Waals surface area contributed by atoms with Crippen molar-refractivity contribution >= 4 is 17.7 Å². The van der Waals surface area contributed by atoms with Crippen molar-refractivity contribution in [1.29, 1.82) is 0 Å². The minimum absolute atomic E-state index is 0.243. The molecule has 0 saturated heterocycles. The summed E-state index contributed by atoms with van der Waals surface area (Å²) >= 11 is 0. The topological polar surface area (TPSA) is 68.0 Å². The summed E-state index contributed by atoms with van der Waals surface area (Å²) in [5, 5.41) is 0. The largest absolute Gasteiger partial charge is 0.478 e. The van der Waals surface area contributed by atoms with Crippen molar-refractivity contribution < 1.29 is 14.2 Å². The number of nitrogens with zero attached hydrogens (tertiary/aromatic N) is 4. The molecule has 28 heavy (non-hydrogen) atoms. The first kappa shape index (κ1) is 21.1. The zero-order valence-electron chi connectivity index (χ0n) is 18.2. The lowest BCUT2D eigenvalue weighted by Crippen LogP contribution is -2.38. The predicted molar refractivity (Wildman–Crippen MR) is 112 cm³/mol. The Morgan fingerprint density at radius 3 is 1.14 bits per heavy atom. The summed E-state index contributed by atoms with van der Waals surface area (Å²) in [6.07, 6.45) is 0. The number of hydrogen-bond donors (Lipinski definition) is 0. The molecular weight excluding hydrogens is 356 g/mol. The number of rotatable bonds is 9. The Labute approximate surface area is 169 Å². The van der Waals surface area contributed by atoms with E-state index in [1.54, 1.807) is 0 Å². The summed E-state index contributed by atoms with van der Waals surface area (Å²) in [6.45, 7) is 16.9. The molecule has 3 aliphatic rings. The van der Waals surface area contributed by atoms with Gasteiger partial charge >= 0.3 is 0 Å². The molecule has 3 rings (SSSR count). The molecule has 7 heteroatoms. The zero-order valence-corrected chi connectivity index (χ0v) is 18.2. The highest BCUT2D eigenvalue weighted by atomic mass is 16.5. The normalized spacial score (nSPS) is 27.2. The third kappa shape index (κ3) is 5.46. The lowest BCUT2D eigenvalue weighted by molar-refractivity contribution is 0.246. The molecule has 0 aliphatic carbocycles. The molecule has 0 aromatic rings. The van der Waals surface area contributed by atoms with Crippen molar-refractivity contribution in [1.82, 2.24) is 4.90 Å². The molecule has 7 nitrogen and oxygen atoms in total. The van der Waals surface area contributed by atoms with Crippen LogP contribution >= 0.6 is 0 Å². The Hall–Kier alpha value is -1.63. The Balaban J connectivity index is 1.67. The maximum Gasteiger partial charge on any atom is 0.198 e. The van der Waals surface area contributed by atoms with Crippen molar-refractivity contribution in [2.45, 2.75) is 59.7 Å². The molecular formula is C21H36N4O3. The van der Waals surface area contributed by atoms with Gasteiger partial charge in [0.2, 0.25) is 0 Å². The number of ether oxygens (including phenoxy) is 3. The minimum atomic E-state index is 0.243. The lowest BCUT2D eigenvalue weighted by atomic mass is 10.1. The van der Waals surface area contributed by atoms with E-state index in [1.807, 2.05) is 0 Å². The third-order valence-corrected chi connectivity index (χ3v) is 5.58. The van der Waals surface area contributed by atoms with Gasteiger partial charge in [0.15, 0.2) is 17.7 Å². The molecule has 0 aromatic carbocycles. The highest BCUT2D eigenvalue weighted by Crippen LogP contribution is 2.18. The van der Waals surface area contributed by atoms with E-state index in [-0.39, 0.29) is 18.1 Å². The standard InChI is InChI=1S/C21H36N4O3/c1-13(2)16-10-26-19(22-16)7-25(8-20-23-17(11-27-20)14(3)4)9-21-24-18(12-28-21)15(5)6/h13-18H,7-12H2,1-6H3/t16-,17-,18-/m1/s1. The Bertz CT molecular complexity index is 542. The van der Waals surface area contributed by atoms with Gasteiger partial charge in [-0.15, -0.1) is 0 Å². The lowest BCUT2D eigenvalue weighted by Gasteiger charge is -2.20. The molecule has 0 amide bonds. The second kappa shape index (κ2) is 9.25. The first-order chi connectivity index (χ1) is 13.3. The molecule has 3 atom stereocenters. The molecule has 0 aromatic heterocycles. The van der Waals surface area contributed by atoms with E-state index in [0.29, 0.717) is 57.2 Å². The average Bonchev–Trinajstić information content (AvgIpc) is 3.35. The van der Waals surface area contributed by atoms with E-state index in [1.165, 1.54) is 0 Å². The molecule has 0 spiro atoms. The van der Waals surface area contributed by atoms with Crippen molar-refractivity contribution in [3.05, 3.63) is 0 Å². The highest BCUT2D eigenvalue weighted by molar-refractivity contribution is 5.85. The monoisotopic (exact) mass is 392 g/mol. The maximum absolute atomic E-state index is 5.85. The first-order valence-corrected chi connectivity index (χ1v) is 10.6. The van der Waals surface area contributed by atoms with Gasteiger partial charge in [0.1, 0.15) is 19.8 Å². The predicted octanol–water partition coefficient (Wildman–Crippen LogP) is 2.65. The Morgan fingerprint density at radius 2 is 0.929 bits per heavy atom. The van der Waals surface area contributed by atoms with Crippen LogP contribution < -0.4 is 0 Å². The summed E-state index contributed by atoms with van der Waals surface area (Å²) in [7, 11) is 0. The van der Waals surface area contributed by atoms with Gasteiger partial charge in [-0.05, 0) is 17.8 Å². The molecule has 0 radical (unpaired) electrons. The van der Waals surface area contributed by atoms with Crippen molar-refractivity contribution in [3.63, 3.8) is 0 Å². The van der Waals surface area contributed by atoms with E-state index in [9.17, 15) is 0 Å². The van der Waals surface area contributed by atoms with Crippen LogP contribution in [0.2, 0.25) is 0 Å². The van der Waals surface area contributed by atoms with Crippen LogP contribution in [0.3, 0.4) is 0 Å². The Morgan fingerprint density at radius 1 is 0.643 bits per heavy atom. The van der Waals surface area contributed by atoms with E-state index >= 15 is 0 Å². The first-order valence-electron chi connectivity index (χ1n) is 10.6. The summed E-state index contributed by atoms with van der Waals surface area (Å²) < 4.78 is 17.6. The van der Waals surface area contributed by atoms with Crippen LogP contribution in [-0.2, 0) is 14.2 Å². The van der Waals surface area contributed by atoms with E-state index < -0.39 is 0 Å². The maximum atomic E-state index is 5.85. The van der Waals surface area contributed by atoms with E-state index in [2.05, 4.69) is 46.4 Å². The highest BCUT2D eigenvalue weighted by Gasteiger charge is 2.29. The average molecular weight is 393 g/mol. The van der Waals surface area contributed by atoms with Crippen LogP contribution in [0.5, 0.6) is 0 Å². The van der Waals surface area contributed by atoms with Gasteiger partial charge in [-0.1, -0.05) is 41.5 Å². The van der Waals surface area contributed by atoms with Crippen molar-refractivity contribution in [2.75, 3.05) is 39.5 Å². The molecule has 3 heterocycles. The van der Waals surface area contributed by atoms with Gasteiger partial charge < -0.3 is 14.2 Å². The van der Waals surface area contributed by atoms with Crippen LogP contribution in [-0.4, -0.2) is 80.2 Å². The Kier molecular flexibility index (Phi) is 6.96. The van der Waals surface area contributed by atoms with Crippen LogP contribution in [0.1, 0.15) is 41.5 Å². The van der Waals surface area contributed by atoms with E-state index in [0.717, 1.165) is 17.7 Å². The second-order valence-corrected chi connectivity index (χ2v) is 9.08. The fourth-order valence-electron chi connectivity index (χ4n) is 3.35. The van der Waals surface area contributed by atoms with Gasteiger partial charge in [-0.2, -0.15) is 0 Å². The van der Waals surface area contributed by atoms with Gasteiger partial charge in [0, 0.05) is 0 Å². The van der Waals surface area contributed by atoms with Gasteiger partial charge in [0.05, 0.1) is 37.8 Å². The molecule has 0 unspecified atom stereocenters. The summed E-state index contributed by atoms with van der Waals surface area (Å²) in [4.78, 5) is 16.5. The molecule has 0 fully saturated rings. The van der Waals surface area contributed by atoms with Gasteiger partial charge in [0.25, 0.3) is 0 Å². The smallest absolute Gasteiger partial charge is 0.198 e. The van der Waals surface area contributed by atoms with E-state index in [4.69, 9.17) is 29.2 Å². The fourth-order valence-corrected chi connectivity index (χ4v) is 3.35. The fraction of sp³-hybridized carbons (Fsp3) is 0.857. The molecule has 158 valence electrons. The van der Waals surface area contributed by atoms with Crippen molar-refractivity contribution in [3.8, 4) is 0 Å². The number of aliphatic imine (C=N–C) groups is 3. The molecule has 0 N–H and O–H groups in total. The number of hydrogen-bond acceptors (Lipinski definition) is 7. The van der Waals surface area contributed by atoms with Crippen LogP contribution in [0, 0.1) is 17.8 Å². The third-order valence-electron chi connectivity index (χ3n) is 5.58. The molecule has 3 aliphatic heterocycles. The quantitative estimate of drug-likeness (QED) is 0.605. The van der Waals surface area contributed by atoms with Crippen LogP contribution in [0.25, 0.3) is 0 Å². The second-order valence-electron chi connectivity index (χ2n) is 9.08. The molecule has 0 bridgehead atoms. The van der Waals surface area contributed by atoms with Gasteiger partial charge in [-0.3, -0.25) is 4.90 Å². The zero-order chi connectivity index (χ0) is 20.3. The van der Waals surface area contributed by atoms with Crippen LogP contribution in [0.4, 0.5) is 0 Å². The summed E-state index contributed by atoms with van der Waals surface area (Å²) in [5.74, 6) is 3.81.